The number of aryl methyl sites for hydroxylation is 2. The van der Waals surface area contributed by atoms with Gasteiger partial charge in [-0.15, -0.1) is 0 Å². The molecule has 0 saturated carbocycles. The summed E-state index contributed by atoms with van der Waals surface area (Å²) in [7, 11) is 0. The molecule has 0 radical (unpaired) electrons. The minimum atomic E-state index is -2.17. The molecule has 0 aromatic heterocycles. The Kier molecular flexibility index (Phi) is 4.14. The van der Waals surface area contributed by atoms with Crippen LogP contribution in [0.4, 0.5) is 0 Å². The summed E-state index contributed by atoms with van der Waals surface area (Å²) in [6.07, 6.45) is 7.52. The van der Waals surface area contributed by atoms with Crippen LogP contribution in [-0.4, -0.2) is 6.30 Å². The third-order valence-electron chi connectivity index (χ3n) is 8.31. The second-order valence-electron chi connectivity index (χ2n) is 10.1. The Hall–Kier alpha value is -3.86. The Morgan fingerprint density at radius 3 is 1.39 bits per heavy atom. The van der Waals surface area contributed by atoms with E-state index in [1.165, 1.54) is 71.2 Å². The van der Waals surface area contributed by atoms with Gasteiger partial charge in [0.25, 0.3) is 0 Å². The van der Waals surface area contributed by atoms with Crippen molar-refractivity contribution in [3.05, 3.63) is 149 Å². The molecule has 8 rings (SSSR count). The number of benzene rings is 5. The van der Waals surface area contributed by atoms with E-state index in [9.17, 15) is 0 Å². The summed E-state index contributed by atoms with van der Waals surface area (Å²) in [6.45, 7) is -2.17. The predicted octanol–water partition coefficient (Wildman–Crippen LogP) is 8.48. The summed E-state index contributed by atoms with van der Waals surface area (Å²) < 4.78 is 0. The zero-order chi connectivity index (χ0) is 23.9. The maximum Gasteiger partial charge on any atom is -0.000291 e. The van der Waals surface area contributed by atoms with E-state index in [0.29, 0.717) is 0 Å². The van der Waals surface area contributed by atoms with Gasteiger partial charge < -0.3 is 0 Å². The maximum atomic E-state index is 5.22. The van der Waals surface area contributed by atoms with Gasteiger partial charge in [0.1, 0.15) is 0 Å². The van der Waals surface area contributed by atoms with Crippen LogP contribution in [-0.2, 0) is 12.8 Å². The molecule has 3 aliphatic rings. The Morgan fingerprint density at radius 1 is 0.472 bits per heavy atom. The van der Waals surface area contributed by atoms with Crippen LogP contribution in [0.25, 0.3) is 32.5 Å². The molecule has 0 spiro atoms. The van der Waals surface area contributed by atoms with Crippen LogP contribution >= 0.6 is 6.89 Å². The van der Waals surface area contributed by atoms with Crippen LogP contribution in [0, 0.1) is 0 Å². The van der Waals surface area contributed by atoms with Crippen molar-refractivity contribution in [2.45, 2.75) is 12.8 Å². The summed E-state index contributed by atoms with van der Waals surface area (Å²) >= 11 is 0. The zero-order valence-electron chi connectivity index (χ0n) is 20.0. The monoisotopic (exact) mass is 476 g/mol. The molecule has 0 amide bonds. The van der Waals surface area contributed by atoms with Gasteiger partial charge in [-0.25, -0.2) is 0 Å². The molecule has 1 aliphatic heterocycles. The van der Waals surface area contributed by atoms with Crippen molar-refractivity contribution in [2.24, 2.45) is 0 Å². The third kappa shape index (κ3) is 2.50. The first-order valence-electron chi connectivity index (χ1n) is 12.7. The van der Waals surface area contributed by atoms with Crippen molar-refractivity contribution in [1.29, 1.82) is 0 Å². The molecule has 170 valence electrons. The zero-order valence-corrected chi connectivity index (χ0v) is 20.9. The van der Waals surface area contributed by atoms with Gasteiger partial charge in [-0.1, -0.05) is 122 Å². The normalized spacial score (nSPS) is 16.8. The lowest BCUT2D eigenvalue weighted by Crippen LogP contribution is -2.07. The van der Waals surface area contributed by atoms with Gasteiger partial charge in [-0.3, -0.25) is 0 Å². The first kappa shape index (κ1) is 20.3. The molecule has 0 N–H and O–H groups in total. The first-order valence-corrected chi connectivity index (χ1v) is 14.7. The second kappa shape index (κ2) is 7.33. The van der Waals surface area contributed by atoms with Crippen molar-refractivity contribution in [1.82, 2.24) is 0 Å². The minimum Gasteiger partial charge on any atom is -0.0886 e. The molecule has 0 atom stereocenters. The number of allylic oxidation sites excluding steroid dienone is 2. The lowest BCUT2D eigenvalue weighted by Gasteiger charge is -2.29. The maximum absolute atomic E-state index is 5.22. The van der Waals surface area contributed by atoms with Crippen LogP contribution in [0.15, 0.2) is 115 Å². The van der Waals surface area contributed by atoms with E-state index in [1.54, 1.807) is 0 Å². The van der Waals surface area contributed by atoms with Gasteiger partial charge in [-0.05, 0) is 91.0 Å². The number of hydrogen-bond donors (Lipinski definition) is 0. The highest BCUT2D eigenvalue weighted by Gasteiger charge is 2.44. The van der Waals surface area contributed by atoms with Crippen LogP contribution in [0.3, 0.4) is 0 Å². The summed E-state index contributed by atoms with van der Waals surface area (Å²) in [4.78, 5) is 0. The second-order valence-corrected chi connectivity index (χ2v) is 13.1. The van der Waals surface area contributed by atoms with Crippen molar-refractivity contribution in [3.63, 3.8) is 0 Å². The highest BCUT2D eigenvalue weighted by molar-refractivity contribution is 7.98. The van der Waals surface area contributed by atoms with E-state index in [4.69, 9.17) is 6.30 Å². The molecular weight excluding hydrogens is 451 g/mol. The average Bonchev–Trinajstić information content (AvgIpc) is 3.58. The fourth-order valence-corrected chi connectivity index (χ4v) is 10.7. The summed E-state index contributed by atoms with van der Waals surface area (Å²) in [5.41, 5.74) is 11.2. The lowest BCUT2D eigenvalue weighted by atomic mass is 9.97. The quantitative estimate of drug-likeness (QED) is 0.229. The van der Waals surface area contributed by atoms with Crippen molar-refractivity contribution in [2.75, 3.05) is 0 Å². The molecule has 36 heavy (non-hydrogen) atoms. The molecule has 0 saturated heterocycles. The lowest BCUT2D eigenvalue weighted by molar-refractivity contribution is 1.02. The van der Waals surface area contributed by atoms with E-state index in [1.807, 2.05) is 0 Å². The van der Waals surface area contributed by atoms with Crippen molar-refractivity contribution in [3.8, 4) is 0 Å². The van der Waals surface area contributed by atoms with Gasteiger partial charge >= 0.3 is 0 Å². The van der Waals surface area contributed by atoms with Crippen molar-refractivity contribution < 1.29 is 0 Å². The minimum absolute atomic E-state index is 1.15. The topological polar surface area (TPSA) is 0 Å². The standard InChI is InChI=1S/C35H25P/c1-36(27-15-9-4-10-16-27)34(25-11-5-2-6-12-25)32-28-21-19-23-17-18-24-20-22-29(31(28)30(23)24)33(32)35(36)26-13-7-3-8-14-26/h2-16,19-22H,1,17-18H2. The fraction of sp³-hybridized carbons (Fsp3) is 0.0571. The molecule has 2 aliphatic carbocycles. The van der Waals surface area contributed by atoms with Gasteiger partial charge in [0, 0.05) is 0 Å². The van der Waals surface area contributed by atoms with Gasteiger partial charge in [0.2, 0.25) is 0 Å². The largest absolute Gasteiger partial charge is 0.0886 e. The average molecular weight is 477 g/mol. The molecule has 1 heteroatoms. The first-order chi connectivity index (χ1) is 17.8. The molecule has 0 fully saturated rings. The third-order valence-corrected chi connectivity index (χ3v) is 12.0. The Bertz CT molecular complexity index is 1710. The Morgan fingerprint density at radius 2 is 0.917 bits per heavy atom. The number of fused-ring (bicyclic) bond motifs is 3. The molecule has 0 unspecified atom stereocenters. The van der Waals surface area contributed by atoms with E-state index >= 15 is 0 Å². The van der Waals surface area contributed by atoms with Crippen LogP contribution in [0.1, 0.15) is 33.4 Å². The molecule has 0 bridgehead atoms. The van der Waals surface area contributed by atoms with Crippen LogP contribution in [0.5, 0.6) is 0 Å². The number of rotatable bonds is 3. The van der Waals surface area contributed by atoms with E-state index in [-0.39, 0.29) is 0 Å². The van der Waals surface area contributed by atoms with E-state index in [2.05, 4.69) is 115 Å². The number of hydrogen-bond acceptors (Lipinski definition) is 0. The molecule has 5 aromatic carbocycles. The fourth-order valence-electron chi connectivity index (χ4n) is 6.86. The molecular formula is C35H25P. The summed E-state index contributed by atoms with van der Waals surface area (Å²) in [5.74, 6) is 0. The van der Waals surface area contributed by atoms with Gasteiger partial charge in [0.05, 0.1) is 0 Å². The predicted molar refractivity (Wildman–Crippen MR) is 158 cm³/mol. The van der Waals surface area contributed by atoms with Crippen LogP contribution < -0.4 is 5.30 Å². The highest BCUT2D eigenvalue weighted by atomic mass is 31.2. The van der Waals surface area contributed by atoms with E-state index in [0.717, 1.165) is 12.8 Å². The SMILES string of the molecule is C=P1(c2ccccc2)C(c2ccccc2)=C2C(=C1c1ccccc1)c1ccc3c4c(ccc2c14)CC3. The van der Waals surface area contributed by atoms with E-state index < -0.39 is 6.89 Å². The Balaban J connectivity index is 1.60. The Labute approximate surface area is 212 Å². The summed E-state index contributed by atoms with van der Waals surface area (Å²) in [5, 5.41) is 7.16. The molecule has 0 nitrogen and oxygen atoms in total. The summed E-state index contributed by atoms with van der Waals surface area (Å²) in [6, 6.07) is 42.7. The van der Waals surface area contributed by atoms with Crippen LogP contribution in [0.2, 0.25) is 0 Å². The van der Waals surface area contributed by atoms with Crippen molar-refractivity contribution >= 4 is 51.0 Å². The smallest absolute Gasteiger partial charge is 0.000291 e. The van der Waals surface area contributed by atoms with Gasteiger partial charge in [0.15, 0.2) is 0 Å². The highest BCUT2D eigenvalue weighted by Crippen LogP contribution is 2.78. The van der Waals surface area contributed by atoms with Gasteiger partial charge in [-0.2, -0.15) is 0 Å². The molecule has 1 heterocycles. The molecule has 5 aromatic rings.